The van der Waals surface area contributed by atoms with Crippen LogP contribution in [0.1, 0.15) is 18.7 Å². The summed E-state index contributed by atoms with van der Waals surface area (Å²) in [5.41, 5.74) is -0.758. The van der Waals surface area contributed by atoms with Crippen LogP contribution in [0, 0.1) is 17.2 Å². The van der Waals surface area contributed by atoms with Gasteiger partial charge in [-0.1, -0.05) is 6.92 Å². The number of nitriles is 1. The molecule has 0 saturated carbocycles. The minimum absolute atomic E-state index is 0.123. The van der Waals surface area contributed by atoms with Gasteiger partial charge in [-0.3, -0.25) is 14.3 Å². The van der Waals surface area contributed by atoms with Crippen molar-refractivity contribution in [3.8, 4) is 6.07 Å². The zero-order chi connectivity index (χ0) is 13.3. The van der Waals surface area contributed by atoms with Crippen LogP contribution in [0.4, 0.5) is 0 Å². The van der Waals surface area contributed by atoms with E-state index in [1.54, 1.807) is 6.92 Å². The van der Waals surface area contributed by atoms with Gasteiger partial charge < -0.3 is 0 Å². The number of H-pyrrole nitrogens is 1. The Labute approximate surface area is 107 Å². The average molecular weight is 263 g/mol. The molecule has 2 aromatic rings. The summed E-state index contributed by atoms with van der Waals surface area (Å²) in [5.74, 6) is -0.370. The Kier molecular flexibility index (Phi) is 3.34. The number of aromatic nitrogens is 2. The molecule has 2 rings (SSSR count). The Morgan fingerprint density at radius 2 is 2.28 bits per heavy atom. The minimum Gasteiger partial charge on any atom is -0.298 e. The van der Waals surface area contributed by atoms with E-state index in [-0.39, 0.29) is 18.0 Å². The standard InChI is InChI=1S/C12H13N3O2S/c1-3-8-4-9-10(18-8)14-12(17)15(11(9)16)6-7(2)5-13/h4,7H,3,6H2,1-2H3,(H,14,17). The second-order valence-electron chi connectivity index (χ2n) is 4.19. The fraction of sp³-hybridized carbons (Fsp3) is 0.417. The zero-order valence-electron chi connectivity index (χ0n) is 10.2. The van der Waals surface area contributed by atoms with Gasteiger partial charge in [0, 0.05) is 11.4 Å². The van der Waals surface area contributed by atoms with E-state index in [4.69, 9.17) is 5.26 Å². The number of hydrogen-bond acceptors (Lipinski definition) is 4. The number of hydrogen-bond donors (Lipinski definition) is 1. The maximum Gasteiger partial charge on any atom is 0.329 e. The van der Waals surface area contributed by atoms with Crippen molar-refractivity contribution in [2.24, 2.45) is 5.92 Å². The molecule has 0 spiro atoms. The quantitative estimate of drug-likeness (QED) is 0.910. The van der Waals surface area contributed by atoms with Gasteiger partial charge in [0.15, 0.2) is 0 Å². The molecule has 0 saturated heterocycles. The summed E-state index contributed by atoms with van der Waals surface area (Å²) in [5, 5.41) is 9.29. The van der Waals surface area contributed by atoms with Crippen molar-refractivity contribution in [3.05, 3.63) is 31.8 Å². The van der Waals surface area contributed by atoms with E-state index in [0.717, 1.165) is 15.9 Å². The topological polar surface area (TPSA) is 78.7 Å². The predicted octanol–water partition coefficient (Wildman–Crippen LogP) is 1.47. The molecule has 0 aliphatic heterocycles. The number of rotatable bonds is 3. The van der Waals surface area contributed by atoms with Gasteiger partial charge in [0.05, 0.1) is 17.4 Å². The van der Waals surface area contributed by atoms with E-state index < -0.39 is 5.69 Å². The molecule has 0 aliphatic carbocycles. The first-order valence-corrected chi connectivity index (χ1v) is 6.53. The Hall–Kier alpha value is -1.87. The lowest BCUT2D eigenvalue weighted by molar-refractivity contribution is 0.544. The number of aromatic amines is 1. The fourth-order valence-electron chi connectivity index (χ4n) is 1.75. The van der Waals surface area contributed by atoms with Crippen molar-refractivity contribution in [3.63, 3.8) is 0 Å². The third-order valence-electron chi connectivity index (χ3n) is 2.75. The highest BCUT2D eigenvalue weighted by Crippen LogP contribution is 2.20. The molecular formula is C12H13N3O2S. The van der Waals surface area contributed by atoms with E-state index >= 15 is 0 Å². The van der Waals surface area contributed by atoms with E-state index in [2.05, 4.69) is 4.98 Å². The normalized spacial score (nSPS) is 12.5. The Balaban J connectivity index is 2.65. The minimum atomic E-state index is -0.445. The summed E-state index contributed by atoms with van der Waals surface area (Å²) in [6.07, 6.45) is 0.829. The highest BCUT2D eigenvalue weighted by atomic mass is 32.1. The molecule has 0 fully saturated rings. The Morgan fingerprint density at radius 3 is 2.89 bits per heavy atom. The van der Waals surface area contributed by atoms with Crippen LogP contribution >= 0.6 is 11.3 Å². The molecule has 0 aromatic carbocycles. The number of fused-ring (bicyclic) bond motifs is 1. The first-order valence-electron chi connectivity index (χ1n) is 5.72. The summed E-state index contributed by atoms with van der Waals surface area (Å²) in [6, 6.07) is 3.83. The van der Waals surface area contributed by atoms with Crippen molar-refractivity contribution in [2.75, 3.05) is 0 Å². The Morgan fingerprint density at radius 1 is 1.56 bits per heavy atom. The summed E-state index contributed by atoms with van der Waals surface area (Å²) >= 11 is 1.43. The molecule has 1 atom stereocenters. The summed E-state index contributed by atoms with van der Waals surface area (Å²) in [6.45, 7) is 3.80. The highest BCUT2D eigenvalue weighted by molar-refractivity contribution is 7.18. The summed E-state index contributed by atoms with van der Waals surface area (Å²) < 4.78 is 1.10. The van der Waals surface area contributed by atoms with Gasteiger partial charge in [-0.15, -0.1) is 11.3 Å². The van der Waals surface area contributed by atoms with Crippen molar-refractivity contribution >= 4 is 21.6 Å². The van der Waals surface area contributed by atoms with Crippen LogP contribution in [-0.4, -0.2) is 9.55 Å². The van der Waals surface area contributed by atoms with Gasteiger partial charge in [0.2, 0.25) is 0 Å². The molecule has 5 nitrogen and oxygen atoms in total. The molecule has 6 heteroatoms. The maximum atomic E-state index is 12.2. The third kappa shape index (κ3) is 2.09. The molecule has 1 N–H and O–H groups in total. The van der Waals surface area contributed by atoms with Crippen LogP contribution in [0.25, 0.3) is 10.2 Å². The second-order valence-corrected chi connectivity index (χ2v) is 5.32. The lowest BCUT2D eigenvalue weighted by Crippen LogP contribution is -2.36. The number of nitrogens with one attached hydrogen (secondary N) is 1. The van der Waals surface area contributed by atoms with Crippen molar-refractivity contribution in [1.82, 2.24) is 9.55 Å². The Bertz CT molecular complexity index is 732. The van der Waals surface area contributed by atoms with Gasteiger partial charge in [-0.05, 0) is 19.4 Å². The zero-order valence-corrected chi connectivity index (χ0v) is 11.0. The van der Waals surface area contributed by atoms with Crippen LogP contribution in [0.15, 0.2) is 15.7 Å². The van der Waals surface area contributed by atoms with Crippen molar-refractivity contribution in [2.45, 2.75) is 26.8 Å². The fourth-order valence-corrected chi connectivity index (χ4v) is 2.73. The van der Waals surface area contributed by atoms with Crippen LogP contribution in [0.5, 0.6) is 0 Å². The van der Waals surface area contributed by atoms with Gasteiger partial charge in [-0.25, -0.2) is 4.79 Å². The molecule has 1 unspecified atom stereocenters. The van der Waals surface area contributed by atoms with E-state index in [1.165, 1.54) is 11.3 Å². The molecular weight excluding hydrogens is 250 g/mol. The summed E-state index contributed by atoms with van der Waals surface area (Å²) in [7, 11) is 0. The molecule has 0 bridgehead atoms. The van der Waals surface area contributed by atoms with Crippen molar-refractivity contribution < 1.29 is 0 Å². The molecule has 2 heterocycles. The van der Waals surface area contributed by atoms with Crippen LogP contribution in [0.3, 0.4) is 0 Å². The third-order valence-corrected chi connectivity index (χ3v) is 3.94. The van der Waals surface area contributed by atoms with E-state index in [1.807, 2.05) is 19.1 Å². The van der Waals surface area contributed by atoms with E-state index in [0.29, 0.717) is 10.2 Å². The number of aryl methyl sites for hydroxylation is 1. The van der Waals surface area contributed by atoms with Gasteiger partial charge >= 0.3 is 5.69 Å². The van der Waals surface area contributed by atoms with Gasteiger partial charge in [-0.2, -0.15) is 5.26 Å². The summed E-state index contributed by atoms with van der Waals surface area (Å²) in [4.78, 5) is 28.4. The molecule has 94 valence electrons. The molecule has 2 aromatic heterocycles. The van der Waals surface area contributed by atoms with Gasteiger partial charge in [0.25, 0.3) is 5.56 Å². The van der Waals surface area contributed by atoms with Crippen LogP contribution in [0.2, 0.25) is 0 Å². The monoisotopic (exact) mass is 263 g/mol. The first kappa shape index (κ1) is 12.6. The van der Waals surface area contributed by atoms with Gasteiger partial charge in [0.1, 0.15) is 4.83 Å². The van der Waals surface area contributed by atoms with Crippen LogP contribution in [-0.2, 0) is 13.0 Å². The lowest BCUT2D eigenvalue weighted by Gasteiger charge is -2.05. The lowest BCUT2D eigenvalue weighted by atomic mass is 10.2. The van der Waals surface area contributed by atoms with Crippen LogP contribution < -0.4 is 11.2 Å². The highest BCUT2D eigenvalue weighted by Gasteiger charge is 2.12. The number of nitrogens with zero attached hydrogens (tertiary/aromatic N) is 2. The predicted molar refractivity (Wildman–Crippen MR) is 70.9 cm³/mol. The van der Waals surface area contributed by atoms with Crippen molar-refractivity contribution in [1.29, 1.82) is 5.26 Å². The first-order chi connectivity index (χ1) is 8.56. The molecule has 0 amide bonds. The molecule has 0 radical (unpaired) electrons. The molecule has 18 heavy (non-hydrogen) atoms. The smallest absolute Gasteiger partial charge is 0.298 e. The maximum absolute atomic E-state index is 12.2. The largest absolute Gasteiger partial charge is 0.329 e. The molecule has 0 aliphatic rings. The second kappa shape index (κ2) is 4.78. The average Bonchev–Trinajstić information content (AvgIpc) is 2.77. The number of thiophene rings is 1. The van der Waals surface area contributed by atoms with E-state index in [9.17, 15) is 9.59 Å². The SMILES string of the molecule is CCc1cc2c(=O)n(CC(C)C#N)c(=O)[nH]c2s1.